The Hall–Kier alpha value is -4.30. The summed E-state index contributed by atoms with van der Waals surface area (Å²) in [5.74, 6) is 0. The van der Waals surface area contributed by atoms with Gasteiger partial charge in [-0.1, -0.05) is 89.9 Å². The fraction of sp³-hybridized carbons (Fsp3) is 0.0857. The quantitative estimate of drug-likeness (QED) is 0.230. The molecule has 6 aromatic rings. The van der Waals surface area contributed by atoms with Gasteiger partial charge < -0.3 is 4.90 Å². The molecule has 0 bridgehead atoms. The van der Waals surface area contributed by atoms with Crippen LogP contribution in [0.25, 0.3) is 43.8 Å². The molecule has 0 radical (unpaired) electrons. The summed E-state index contributed by atoms with van der Waals surface area (Å²) in [5, 5.41) is 5.51. The summed E-state index contributed by atoms with van der Waals surface area (Å²) >= 11 is 0. The van der Waals surface area contributed by atoms with Crippen molar-refractivity contribution in [1.82, 2.24) is 0 Å². The Morgan fingerprint density at radius 3 is 1.54 bits per heavy atom. The van der Waals surface area contributed by atoms with E-state index in [-0.39, 0.29) is 6.71 Å². The zero-order valence-electron chi connectivity index (χ0n) is 21.2. The molecule has 0 fully saturated rings. The smallest absolute Gasteiger partial charge is 0.249 e. The number of nitrogens with zero attached hydrogens (tertiary/aromatic N) is 1. The molecule has 0 unspecified atom stereocenters. The lowest BCUT2D eigenvalue weighted by Crippen LogP contribution is -2.61. The van der Waals surface area contributed by atoms with Crippen molar-refractivity contribution < 1.29 is 0 Å². The van der Waals surface area contributed by atoms with Gasteiger partial charge in [0, 0.05) is 11.4 Å². The maximum Gasteiger partial charge on any atom is 0.249 e. The number of anilines is 3. The fourth-order valence-electron chi connectivity index (χ4n) is 7.89. The lowest BCUT2D eigenvalue weighted by atomic mass is 9.29. The SMILES string of the molecule is Cc1cc(C)c(N2c3ccc4cccc5c4c3B3c4c-5cccc4-c4cccc5ccc2c3c45)c(C)c1. The summed E-state index contributed by atoms with van der Waals surface area (Å²) in [7, 11) is 0. The second kappa shape index (κ2) is 6.52. The van der Waals surface area contributed by atoms with Gasteiger partial charge in [0.25, 0.3) is 0 Å². The molecule has 3 aliphatic rings. The van der Waals surface area contributed by atoms with Crippen molar-refractivity contribution in [2.75, 3.05) is 4.90 Å². The molecule has 1 nitrogen and oxygen atoms in total. The van der Waals surface area contributed by atoms with Crippen LogP contribution >= 0.6 is 0 Å². The molecule has 0 saturated heterocycles. The highest BCUT2D eigenvalue weighted by molar-refractivity contribution is 7.03. The molecule has 0 aliphatic carbocycles. The van der Waals surface area contributed by atoms with Gasteiger partial charge in [-0.2, -0.15) is 0 Å². The number of benzene rings is 6. The molecule has 172 valence electrons. The van der Waals surface area contributed by atoms with E-state index >= 15 is 0 Å². The first-order valence-electron chi connectivity index (χ1n) is 13.2. The predicted molar refractivity (Wildman–Crippen MR) is 159 cm³/mol. The van der Waals surface area contributed by atoms with Crippen LogP contribution in [0, 0.1) is 20.8 Å². The topological polar surface area (TPSA) is 3.24 Å². The third kappa shape index (κ3) is 2.24. The third-order valence-electron chi connectivity index (χ3n) is 9.02. The first-order valence-corrected chi connectivity index (χ1v) is 13.2. The Morgan fingerprint density at radius 1 is 0.514 bits per heavy atom. The molecule has 0 saturated carbocycles. The van der Waals surface area contributed by atoms with Crippen molar-refractivity contribution in [2.45, 2.75) is 20.8 Å². The molecule has 37 heavy (non-hydrogen) atoms. The molecule has 3 aliphatic heterocycles. The van der Waals surface area contributed by atoms with E-state index in [2.05, 4.69) is 117 Å². The van der Waals surface area contributed by atoms with E-state index in [4.69, 9.17) is 0 Å². The Balaban J connectivity index is 1.56. The van der Waals surface area contributed by atoms with Crippen LogP contribution in [0.2, 0.25) is 0 Å². The van der Waals surface area contributed by atoms with Crippen molar-refractivity contribution in [3.05, 3.63) is 108 Å². The summed E-state index contributed by atoms with van der Waals surface area (Å²) < 4.78 is 0. The van der Waals surface area contributed by atoms with Crippen molar-refractivity contribution in [3.63, 3.8) is 0 Å². The molecule has 0 amide bonds. The van der Waals surface area contributed by atoms with Gasteiger partial charge in [0.2, 0.25) is 6.71 Å². The van der Waals surface area contributed by atoms with Crippen LogP contribution in [0.5, 0.6) is 0 Å². The molecule has 2 heteroatoms. The molecule has 0 spiro atoms. The van der Waals surface area contributed by atoms with E-state index in [9.17, 15) is 0 Å². The van der Waals surface area contributed by atoms with E-state index in [0.29, 0.717) is 0 Å². The molecule has 6 aromatic carbocycles. The average molecular weight is 469 g/mol. The van der Waals surface area contributed by atoms with Crippen molar-refractivity contribution in [3.8, 4) is 22.3 Å². The minimum absolute atomic E-state index is 0.246. The zero-order valence-corrected chi connectivity index (χ0v) is 21.2. The third-order valence-corrected chi connectivity index (χ3v) is 9.02. The molecule has 0 aromatic heterocycles. The Morgan fingerprint density at radius 2 is 1.00 bits per heavy atom. The Kier molecular flexibility index (Phi) is 3.50. The summed E-state index contributed by atoms with van der Waals surface area (Å²) in [6.45, 7) is 6.98. The van der Waals surface area contributed by atoms with Crippen molar-refractivity contribution in [1.29, 1.82) is 0 Å². The van der Waals surface area contributed by atoms with E-state index in [1.54, 1.807) is 0 Å². The highest BCUT2D eigenvalue weighted by Gasteiger charge is 2.45. The predicted octanol–water partition coefficient (Wildman–Crippen LogP) is 7.18. The standard InChI is InChI=1S/C35H24BN/c1-19-17-20(2)35(21(3)18-19)37-28-15-13-22-7-4-9-24-26-11-6-12-27-25-10-5-8-23-14-16-29(37)34(31(23)25)36(32(26)27)33(28)30(22)24/h4-18H,1-3H3. The van der Waals surface area contributed by atoms with Crippen molar-refractivity contribution >= 4 is 61.7 Å². The molecular formula is C35H24BN. The normalized spacial score (nSPS) is 13.7. The number of fused-ring (bicyclic) bond motifs is 2. The van der Waals surface area contributed by atoms with E-state index < -0.39 is 0 Å². The van der Waals surface area contributed by atoms with Crippen LogP contribution < -0.4 is 21.3 Å². The summed E-state index contributed by atoms with van der Waals surface area (Å²) in [6, 6.07) is 34.7. The van der Waals surface area contributed by atoms with Gasteiger partial charge in [0.1, 0.15) is 0 Å². The van der Waals surface area contributed by atoms with E-state index in [1.807, 2.05) is 0 Å². The largest absolute Gasteiger partial charge is 0.311 e. The highest BCUT2D eigenvalue weighted by Crippen LogP contribution is 2.47. The van der Waals surface area contributed by atoms with Crippen LogP contribution in [0.15, 0.2) is 91.0 Å². The summed E-state index contributed by atoms with van der Waals surface area (Å²) in [6.07, 6.45) is 0. The Labute approximate surface area is 217 Å². The van der Waals surface area contributed by atoms with Gasteiger partial charge in [-0.05, 0) is 98.8 Å². The number of rotatable bonds is 1. The van der Waals surface area contributed by atoms with Crippen LogP contribution in [-0.2, 0) is 0 Å². The second-order valence-corrected chi connectivity index (χ2v) is 11.1. The highest BCUT2D eigenvalue weighted by atomic mass is 15.2. The van der Waals surface area contributed by atoms with Gasteiger partial charge in [-0.15, -0.1) is 0 Å². The van der Waals surface area contributed by atoms with E-state index in [0.717, 1.165) is 0 Å². The monoisotopic (exact) mass is 469 g/mol. The molecule has 9 rings (SSSR count). The van der Waals surface area contributed by atoms with Gasteiger partial charge >= 0.3 is 0 Å². The maximum atomic E-state index is 2.58. The first-order chi connectivity index (χ1) is 18.1. The Bertz CT molecular complexity index is 1900. The minimum atomic E-state index is 0.246. The molecule has 0 atom stereocenters. The number of hydrogen-bond donors (Lipinski definition) is 0. The maximum absolute atomic E-state index is 2.58. The fourth-order valence-corrected chi connectivity index (χ4v) is 7.89. The van der Waals surface area contributed by atoms with Gasteiger partial charge in [-0.3, -0.25) is 0 Å². The van der Waals surface area contributed by atoms with Crippen LogP contribution in [0.4, 0.5) is 17.1 Å². The number of aryl methyl sites for hydroxylation is 3. The van der Waals surface area contributed by atoms with Gasteiger partial charge in [0.15, 0.2) is 0 Å². The van der Waals surface area contributed by atoms with Gasteiger partial charge in [-0.25, -0.2) is 0 Å². The first kappa shape index (κ1) is 19.8. The molecular weight excluding hydrogens is 445 g/mol. The average Bonchev–Trinajstić information content (AvgIpc) is 2.91. The minimum Gasteiger partial charge on any atom is -0.311 e. The van der Waals surface area contributed by atoms with Crippen molar-refractivity contribution in [2.24, 2.45) is 0 Å². The summed E-state index contributed by atoms with van der Waals surface area (Å²) in [5.41, 5.74) is 17.9. The second-order valence-electron chi connectivity index (χ2n) is 11.1. The molecule has 0 N–H and O–H groups in total. The lowest BCUT2D eigenvalue weighted by Gasteiger charge is -2.44. The van der Waals surface area contributed by atoms with Crippen LogP contribution in [0.1, 0.15) is 16.7 Å². The van der Waals surface area contributed by atoms with Crippen LogP contribution in [-0.4, -0.2) is 6.71 Å². The zero-order chi connectivity index (χ0) is 24.6. The summed E-state index contributed by atoms with van der Waals surface area (Å²) in [4.78, 5) is 2.58. The number of hydrogen-bond acceptors (Lipinski definition) is 1. The molecule has 3 heterocycles. The van der Waals surface area contributed by atoms with E-state index in [1.165, 1.54) is 93.9 Å². The van der Waals surface area contributed by atoms with Crippen LogP contribution in [0.3, 0.4) is 0 Å². The lowest BCUT2D eigenvalue weighted by molar-refractivity contribution is 1.21. The van der Waals surface area contributed by atoms with Gasteiger partial charge in [0.05, 0.1) is 5.69 Å².